The van der Waals surface area contributed by atoms with Crippen LogP contribution in [0.3, 0.4) is 0 Å². The first-order valence-corrected chi connectivity index (χ1v) is 9.84. The lowest BCUT2D eigenvalue weighted by Gasteiger charge is -2.08. The molecule has 0 aromatic heterocycles. The van der Waals surface area contributed by atoms with Gasteiger partial charge in [0.15, 0.2) is 0 Å². The lowest BCUT2D eigenvalue weighted by atomic mass is 10.0. The highest BCUT2D eigenvalue weighted by Gasteiger charge is 2.02. The fourth-order valence-corrected chi connectivity index (χ4v) is 2.89. The van der Waals surface area contributed by atoms with E-state index in [1.807, 2.05) is 37.3 Å². The van der Waals surface area contributed by atoms with Gasteiger partial charge < -0.3 is 15.2 Å². The van der Waals surface area contributed by atoms with Gasteiger partial charge >= 0.3 is 6.09 Å². The zero-order valence-corrected chi connectivity index (χ0v) is 16.2. The van der Waals surface area contributed by atoms with E-state index in [-0.39, 0.29) is 12.2 Å². The van der Waals surface area contributed by atoms with E-state index in [1.54, 1.807) is 0 Å². The van der Waals surface area contributed by atoms with Crippen LogP contribution in [0.4, 0.5) is 4.79 Å². The molecule has 27 heavy (non-hydrogen) atoms. The summed E-state index contributed by atoms with van der Waals surface area (Å²) in [5.41, 5.74) is 3.63. The Kier molecular flexibility index (Phi) is 9.42. The summed E-state index contributed by atoms with van der Waals surface area (Å²) in [6.45, 7) is 2.77. The number of hydrogen-bond donors (Lipinski definition) is 2. The van der Waals surface area contributed by atoms with Gasteiger partial charge in [-0.05, 0) is 62.1 Å². The minimum Gasteiger partial charge on any atom is -0.445 e. The molecule has 0 fully saturated rings. The molecule has 146 valence electrons. The fourth-order valence-electron chi connectivity index (χ4n) is 2.89. The summed E-state index contributed by atoms with van der Waals surface area (Å²) >= 11 is 0. The number of benzene rings is 2. The number of carbonyl (C=O) groups excluding carboxylic acids is 1. The van der Waals surface area contributed by atoms with E-state index < -0.39 is 0 Å². The molecule has 0 aliphatic carbocycles. The molecular formula is C23H31NO3. The molecule has 1 unspecified atom stereocenters. The molecule has 1 atom stereocenters. The van der Waals surface area contributed by atoms with Crippen molar-refractivity contribution in [1.29, 1.82) is 0 Å². The number of nitrogens with one attached hydrogen (secondary N) is 1. The number of carbonyl (C=O) groups is 1. The van der Waals surface area contributed by atoms with Crippen LogP contribution in [0.15, 0.2) is 54.6 Å². The highest BCUT2D eigenvalue weighted by atomic mass is 16.5. The molecule has 4 heteroatoms. The first kappa shape index (κ1) is 21.0. The number of rotatable bonds is 11. The van der Waals surface area contributed by atoms with Crippen molar-refractivity contribution in [3.63, 3.8) is 0 Å². The van der Waals surface area contributed by atoms with Crippen LogP contribution < -0.4 is 5.32 Å². The molecule has 2 aromatic rings. The smallest absolute Gasteiger partial charge is 0.407 e. The average molecular weight is 370 g/mol. The molecule has 0 saturated heterocycles. The summed E-state index contributed by atoms with van der Waals surface area (Å²) in [7, 11) is 0. The summed E-state index contributed by atoms with van der Waals surface area (Å²) in [4.78, 5) is 11.7. The number of amides is 1. The number of aryl methyl sites for hydroxylation is 2. The normalized spacial score (nSPS) is 11.8. The van der Waals surface area contributed by atoms with Crippen molar-refractivity contribution in [1.82, 2.24) is 5.32 Å². The first-order chi connectivity index (χ1) is 13.1. The van der Waals surface area contributed by atoms with Crippen LogP contribution >= 0.6 is 0 Å². The van der Waals surface area contributed by atoms with E-state index in [0.29, 0.717) is 13.2 Å². The standard InChI is InChI=1S/C23H31NO3/c1-19(25)8-7-12-21-15-13-20(14-16-21)9-5-6-17-24-23(26)27-18-22-10-3-2-4-11-22/h2-4,10-11,13-16,19,25H,5-9,12,17-18H2,1H3,(H,24,26). The van der Waals surface area contributed by atoms with Crippen LogP contribution in [0.25, 0.3) is 0 Å². The molecule has 2 rings (SSSR count). The summed E-state index contributed by atoms with van der Waals surface area (Å²) in [6.07, 6.45) is 5.27. The van der Waals surface area contributed by atoms with Crippen molar-refractivity contribution in [3.8, 4) is 0 Å². The maximum Gasteiger partial charge on any atom is 0.407 e. The van der Waals surface area contributed by atoms with Crippen LogP contribution in [0.5, 0.6) is 0 Å². The predicted molar refractivity (Wildman–Crippen MR) is 109 cm³/mol. The summed E-state index contributed by atoms with van der Waals surface area (Å²) in [5.74, 6) is 0. The Morgan fingerprint density at radius 1 is 0.926 bits per heavy atom. The minimum atomic E-state index is -0.361. The van der Waals surface area contributed by atoms with Crippen LogP contribution in [0, 0.1) is 0 Å². The fraction of sp³-hybridized carbons (Fsp3) is 0.435. The number of aliphatic hydroxyl groups is 1. The molecule has 0 heterocycles. The summed E-state index contributed by atoms with van der Waals surface area (Å²) in [5, 5.41) is 12.1. The molecule has 0 spiro atoms. The molecule has 2 N–H and O–H groups in total. The Balaban J connectivity index is 1.54. The molecule has 2 aromatic carbocycles. The highest BCUT2D eigenvalue weighted by Crippen LogP contribution is 2.11. The van der Waals surface area contributed by atoms with E-state index in [4.69, 9.17) is 4.74 Å². The van der Waals surface area contributed by atoms with Gasteiger partial charge in [0.05, 0.1) is 6.10 Å². The number of aliphatic hydroxyl groups excluding tert-OH is 1. The molecule has 4 nitrogen and oxygen atoms in total. The Morgan fingerprint density at radius 3 is 2.19 bits per heavy atom. The predicted octanol–water partition coefficient (Wildman–Crippen LogP) is 4.64. The molecule has 1 amide bonds. The SMILES string of the molecule is CC(O)CCCc1ccc(CCCCNC(=O)OCc2ccccc2)cc1. The van der Waals surface area contributed by atoms with Crippen LogP contribution in [-0.2, 0) is 24.2 Å². The van der Waals surface area contributed by atoms with Crippen molar-refractivity contribution >= 4 is 6.09 Å². The Bertz CT molecular complexity index is 653. The van der Waals surface area contributed by atoms with E-state index >= 15 is 0 Å². The second-order valence-electron chi connectivity index (χ2n) is 7.00. The third-order valence-electron chi connectivity index (χ3n) is 4.48. The summed E-state index contributed by atoms with van der Waals surface area (Å²) < 4.78 is 5.19. The Labute approximate surface area is 162 Å². The molecule has 0 aliphatic heterocycles. The van der Waals surface area contributed by atoms with Gasteiger partial charge in [-0.1, -0.05) is 54.6 Å². The van der Waals surface area contributed by atoms with Crippen molar-refractivity contribution in [2.24, 2.45) is 0 Å². The van der Waals surface area contributed by atoms with Gasteiger partial charge in [0.2, 0.25) is 0 Å². The first-order valence-electron chi connectivity index (χ1n) is 9.84. The van der Waals surface area contributed by atoms with Crippen LogP contribution in [-0.4, -0.2) is 23.8 Å². The number of hydrogen-bond acceptors (Lipinski definition) is 3. The van der Waals surface area contributed by atoms with Gasteiger partial charge in [0, 0.05) is 6.54 Å². The highest BCUT2D eigenvalue weighted by molar-refractivity contribution is 5.67. The molecule has 0 saturated carbocycles. The maximum absolute atomic E-state index is 11.7. The van der Waals surface area contributed by atoms with E-state index in [9.17, 15) is 9.90 Å². The summed E-state index contributed by atoms with van der Waals surface area (Å²) in [6, 6.07) is 18.4. The topological polar surface area (TPSA) is 58.6 Å². The lowest BCUT2D eigenvalue weighted by Crippen LogP contribution is -2.25. The average Bonchev–Trinajstić information content (AvgIpc) is 2.68. The molecule has 0 radical (unpaired) electrons. The van der Waals surface area contributed by atoms with Crippen LogP contribution in [0.2, 0.25) is 0 Å². The molecule has 0 bridgehead atoms. The van der Waals surface area contributed by atoms with Crippen LogP contribution in [0.1, 0.15) is 49.3 Å². The number of unbranched alkanes of at least 4 members (excludes halogenated alkanes) is 1. The van der Waals surface area contributed by atoms with Crippen molar-refractivity contribution < 1.29 is 14.6 Å². The van der Waals surface area contributed by atoms with Crippen molar-refractivity contribution in [2.45, 2.75) is 58.2 Å². The third kappa shape index (κ3) is 9.25. The number of alkyl carbamates (subject to hydrolysis) is 1. The van der Waals surface area contributed by atoms with E-state index in [1.165, 1.54) is 11.1 Å². The van der Waals surface area contributed by atoms with Gasteiger partial charge in [-0.15, -0.1) is 0 Å². The van der Waals surface area contributed by atoms with Gasteiger partial charge in [0.25, 0.3) is 0 Å². The monoisotopic (exact) mass is 369 g/mol. The van der Waals surface area contributed by atoms with Crippen molar-refractivity contribution in [2.75, 3.05) is 6.54 Å². The quantitative estimate of drug-likeness (QED) is 0.567. The largest absolute Gasteiger partial charge is 0.445 e. The van der Waals surface area contributed by atoms with E-state index in [2.05, 4.69) is 29.6 Å². The second-order valence-corrected chi connectivity index (χ2v) is 7.00. The van der Waals surface area contributed by atoms with Crippen molar-refractivity contribution in [3.05, 3.63) is 71.3 Å². The maximum atomic E-state index is 11.7. The zero-order valence-electron chi connectivity index (χ0n) is 16.2. The van der Waals surface area contributed by atoms with Gasteiger partial charge in [-0.3, -0.25) is 0 Å². The Hall–Kier alpha value is -2.33. The second kappa shape index (κ2) is 12.1. The Morgan fingerprint density at radius 2 is 1.56 bits per heavy atom. The van der Waals surface area contributed by atoms with Gasteiger partial charge in [0.1, 0.15) is 6.61 Å². The number of ether oxygens (including phenoxy) is 1. The third-order valence-corrected chi connectivity index (χ3v) is 4.48. The minimum absolute atomic E-state index is 0.214. The molecular weight excluding hydrogens is 338 g/mol. The molecule has 0 aliphatic rings. The van der Waals surface area contributed by atoms with Gasteiger partial charge in [-0.25, -0.2) is 4.79 Å². The van der Waals surface area contributed by atoms with E-state index in [0.717, 1.165) is 44.1 Å². The lowest BCUT2D eigenvalue weighted by molar-refractivity contribution is 0.139. The van der Waals surface area contributed by atoms with Gasteiger partial charge in [-0.2, -0.15) is 0 Å². The zero-order chi connectivity index (χ0) is 19.3.